The Morgan fingerprint density at radius 3 is 2.07 bits per heavy atom. The molecule has 28 heavy (non-hydrogen) atoms. The van der Waals surface area contributed by atoms with Crippen LogP contribution in [0.2, 0.25) is 0 Å². The Balaban J connectivity index is 2.15. The molecule has 0 aliphatic heterocycles. The van der Waals surface area contributed by atoms with E-state index in [1.165, 1.54) is 16.6 Å². The van der Waals surface area contributed by atoms with Crippen LogP contribution in [-0.2, 0) is 0 Å². The lowest BCUT2D eigenvalue weighted by Crippen LogP contribution is -2.05. The Morgan fingerprint density at radius 2 is 1.54 bits per heavy atom. The van der Waals surface area contributed by atoms with Gasteiger partial charge >= 0.3 is 0 Å². The molecule has 0 aliphatic rings. The second-order valence-electron chi connectivity index (χ2n) is 8.39. The van der Waals surface area contributed by atoms with E-state index < -0.39 is 0 Å². The quantitative estimate of drug-likeness (QED) is 0.443. The number of fused-ring (bicyclic) bond motifs is 1. The molecule has 0 amide bonds. The highest BCUT2D eigenvalue weighted by Gasteiger charge is 2.19. The lowest BCUT2D eigenvalue weighted by molar-refractivity contribution is 0.459. The average molecular weight is 379 g/mol. The molecule has 150 valence electrons. The van der Waals surface area contributed by atoms with E-state index in [0.717, 1.165) is 46.7 Å². The molecule has 0 atom stereocenters. The number of pyridine rings is 1. The predicted octanol–water partition coefficient (Wildman–Crippen LogP) is 7.55. The Bertz CT molecular complexity index is 970. The molecular weight excluding hydrogens is 344 g/mol. The van der Waals surface area contributed by atoms with E-state index in [4.69, 9.17) is 9.72 Å². The zero-order valence-corrected chi connectivity index (χ0v) is 18.7. The van der Waals surface area contributed by atoms with Crippen LogP contribution in [-0.4, -0.2) is 9.55 Å². The molecule has 0 bridgehead atoms. The molecule has 0 saturated heterocycles. The smallest absolute Gasteiger partial charge is 0.229 e. The minimum absolute atomic E-state index is 0.500. The molecule has 0 aliphatic carbocycles. The topological polar surface area (TPSA) is 27.1 Å². The van der Waals surface area contributed by atoms with Crippen molar-refractivity contribution >= 4 is 10.9 Å². The second-order valence-corrected chi connectivity index (χ2v) is 8.39. The fourth-order valence-corrected chi connectivity index (χ4v) is 4.18. The van der Waals surface area contributed by atoms with Crippen molar-refractivity contribution in [2.75, 3.05) is 0 Å². The first-order chi connectivity index (χ1) is 13.3. The molecule has 3 rings (SSSR count). The van der Waals surface area contributed by atoms with Gasteiger partial charge in [0.25, 0.3) is 0 Å². The van der Waals surface area contributed by atoms with Gasteiger partial charge in [-0.1, -0.05) is 39.8 Å². The largest absolute Gasteiger partial charge is 0.438 e. The maximum atomic E-state index is 6.49. The summed E-state index contributed by atoms with van der Waals surface area (Å²) in [7, 11) is 0. The number of hydrogen-bond donors (Lipinski definition) is 0. The van der Waals surface area contributed by atoms with E-state index in [1.54, 1.807) is 0 Å². The first kappa shape index (κ1) is 20.4. The van der Waals surface area contributed by atoms with Gasteiger partial charge < -0.3 is 9.30 Å². The molecule has 0 saturated carbocycles. The van der Waals surface area contributed by atoms with Gasteiger partial charge in [-0.05, 0) is 74.8 Å². The van der Waals surface area contributed by atoms with Crippen LogP contribution in [0.3, 0.4) is 0 Å². The lowest BCUT2D eigenvalue weighted by Gasteiger charge is -2.18. The van der Waals surface area contributed by atoms with E-state index in [0.29, 0.717) is 12.0 Å². The summed E-state index contributed by atoms with van der Waals surface area (Å²) in [5.74, 6) is 2.16. The van der Waals surface area contributed by atoms with Crippen LogP contribution in [0.5, 0.6) is 11.6 Å². The molecule has 3 nitrogen and oxygen atoms in total. The van der Waals surface area contributed by atoms with E-state index in [-0.39, 0.29) is 0 Å². The van der Waals surface area contributed by atoms with Gasteiger partial charge in [0.05, 0.1) is 10.9 Å². The van der Waals surface area contributed by atoms with Gasteiger partial charge in [-0.2, -0.15) is 0 Å². The SMILES string of the molecule is CCC(CC)n1cc(C)c2c(Oc3c(C)cc(C(C)C)cc3C)nc(C)cc21. The molecule has 0 fully saturated rings. The third kappa shape index (κ3) is 3.67. The summed E-state index contributed by atoms with van der Waals surface area (Å²) in [5.41, 5.74) is 7.11. The maximum Gasteiger partial charge on any atom is 0.229 e. The molecule has 3 aromatic rings. The Kier molecular flexibility index (Phi) is 5.83. The van der Waals surface area contributed by atoms with Crippen LogP contribution in [0.4, 0.5) is 0 Å². The number of ether oxygens (including phenoxy) is 1. The summed E-state index contributed by atoms with van der Waals surface area (Å²) in [6.45, 7) is 17.4. The number of rotatable bonds is 6. The van der Waals surface area contributed by atoms with Crippen molar-refractivity contribution < 1.29 is 4.74 Å². The van der Waals surface area contributed by atoms with Gasteiger partial charge in [0.2, 0.25) is 5.88 Å². The number of benzene rings is 1. The van der Waals surface area contributed by atoms with Gasteiger partial charge in [0, 0.05) is 17.9 Å². The zero-order valence-electron chi connectivity index (χ0n) is 18.7. The molecule has 2 heterocycles. The summed E-state index contributed by atoms with van der Waals surface area (Å²) >= 11 is 0. The Morgan fingerprint density at radius 1 is 0.929 bits per heavy atom. The average Bonchev–Trinajstić information content (AvgIpc) is 2.95. The normalized spacial score (nSPS) is 11.8. The minimum atomic E-state index is 0.500. The van der Waals surface area contributed by atoms with Crippen molar-refractivity contribution in [3.05, 3.63) is 52.3 Å². The number of nitrogens with zero attached hydrogens (tertiary/aromatic N) is 2. The number of aryl methyl sites for hydroxylation is 4. The first-order valence-electron chi connectivity index (χ1n) is 10.5. The highest BCUT2D eigenvalue weighted by molar-refractivity contribution is 5.89. The van der Waals surface area contributed by atoms with Crippen LogP contribution < -0.4 is 4.74 Å². The fourth-order valence-electron chi connectivity index (χ4n) is 4.18. The van der Waals surface area contributed by atoms with Crippen molar-refractivity contribution in [1.29, 1.82) is 0 Å². The van der Waals surface area contributed by atoms with E-state index in [9.17, 15) is 0 Å². The van der Waals surface area contributed by atoms with Gasteiger partial charge in [-0.15, -0.1) is 0 Å². The molecule has 0 N–H and O–H groups in total. The van der Waals surface area contributed by atoms with Crippen LogP contribution >= 0.6 is 0 Å². The van der Waals surface area contributed by atoms with Crippen LogP contribution in [0.25, 0.3) is 10.9 Å². The standard InChI is InChI=1S/C25H34N2O/c1-9-21(10-2)27-14-18(7)23-22(27)13-19(8)26-25(23)28-24-16(5)11-20(15(3)4)12-17(24)6/h11-15,21H,9-10H2,1-8H3. The van der Waals surface area contributed by atoms with Gasteiger partial charge in [0.15, 0.2) is 0 Å². The molecule has 0 radical (unpaired) electrons. The van der Waals surface area contributed by atoms with Gasteiger partial charge in [0.1, 0.15) is 5.75 Å². The molecule has 0 unspecified atom stereocenters. The molecular formula is C25H34N2O. The summed E-state index contributed by atoms with van der Waals surface area (Å²) in [4.78, 5) is 4.79. The molecule has 3 heteroatoms. The number of aromatic nitrogens is 2. The zero-order chi connectivity index (χ0) is 20.6. The summed E-state index contributed by atoms with van der Waals surface area (Å²) in [6, 6.07) is 7.17. The van der Waals surface area contributed by atoms with Crippen molar-refractivity contribution in [2.24, 2.45) is 0 Å². The number of hydrogen-bond acceptors (Lipinski definition) is 2. The third-order valence-corrected chi connectivity index (χ3v) is 5.78. The van der Waals surface area contributed by atoms with Crippen LogP contribution in [0.1, 0.15) is 80.4 Å². The summed E-state index contributed by atoms with van der Waals surface area (Å²) < 4.78 is 8.90. The van der Waals surface area contributed by atoms with Crippen LogP contribution in [0, 0.1) is 27.7 Å². The van der Waals surface area contributed by atoms with Crippen molar-refractivity contribution in [3.63, 3.8) is 0 Å². The molecule has 2 aromatic heterocycles. The predicted molar refractivity (Wildman–Crippen MR) is 119 cm³/mol. The molecule has 1 aromatic carbocycles. The second kappa shape index (κ2) is 7.98. The Labute approximate surface area is 169 Å². The first-order valence-corrected chi connectivity index (χ1v) is 10.5. The molecule has 0 spiro atoms. The van der Waals surface area contributed by atoms with E-state index in [1.807, 2.05) is 6.92 Å². The van der Waals surface area contributed by atoms with Crippen molar-refractivity contribution in [3.8, 4) is 11.6 Å². The van der Waals surface area contributed by atoms with E-state index in [2.05, 4.69) is 77.4 Å². The summed E-state index contributed by atoms with van der Waals surface area (Å²) in [5, 5.41) is 1.13. The van der Waals surface area contributed by atoms with Crippen molar-refractivity contribution in [1.82, 2.24) is 9.55 Å². The van der Waals surface area contributed by atoms with Crippen molar-refractivity contribution in [2.45, 2.75) is 80.2 Å². The van der Waals surface area contributed by atoms with Crippen LogP contribution in [0.15, 0.2) is 24.4 Å². The summed E-state index contributed by atoms with van der Waals surface area (Å²) in [6.07, 6.45) is 4.50. The monoisotopic (exact) mass is 378 g/mol. The third-order valence-electron chi connectivity index (χ3n) is 5.78. The minimum Gasteiger partial charge on any atom is -0.438 e. The maximum absolute atomic E-state index is 6.49. The van der Waals surface area contributed by atoms with Gasteiger partial charge in [-0.3, -0.25) is 0 Å². The van der Waals surface area contributed by atoms with E-state index >= 15 is 0 Å². The Hall–Kier alpha value is -2.29. The fraction of sp³-hybridized carbons (Fsp3) is 0.480. The van der Waals surface area contributed by atoms with Gasteiger partial charge in [-0.25, -0.2) is 4.98 Å². The highest BCUT2D eigenvalue weighted by atomic mass is 16.5. The highest BCUT2D eigenvalue weighted by Crippen LogP contribution is 2.38. The lowest BCUT2D eigenvalue weighted by atomic mass is 9.98.